The van der Waals surface area contributed by atoms with Gasteiger partial charge < -0.3 is 9.84 Å². The van der Waals surface area contributed by atoms with E-state index in [1.807, 2.05) is 31.2 Å². The Balaban J connectivity index is 2.07. The van der Waals surface area contributed by atoms with Crippen LogP contribution in [0.15, 0.2) is 24.3 Å². The minimum absolute atomic E-state index is 0.331. The monoisotopic (exact) mass is 248 g/mol. The van der Waals surface area contributed by atoms with Gasteiger partial charge in [-0.3, -0.25) is 0 Å². The van der Waals surface area contributed by atoms with Crippen LogP contribution in [0.3, 0.4) is 0 Å². The molecule has 0 amide bonds. The predicted octanol–water partition coefficient (Wildman–Crippen LogP) is 4.23. The maximum Gasteiger partial charge on any atom is 0.125 e. The Bertz CT molecular complexity index is 354. The highest BCUT2D eigenvalue weighted by atomic mass is 16.5. The van der Waals surface area contributed by atoms with E-state index in [1.54, 1.807) is 0 Å². The van der Waals surface area contributed by atoms with Crippen LogP contribution in [0.5, 0.6) is 5.75 Å². The third-order valence-corrected chi connectivity index (χ3v) is 3.76. The van der Waals surface area contributed by atoms with Crippen LogP contribution >= 0.6 is 0 Å². The molecule has 1 aromatic rings. The molecule has 1 aliphatic carbocycles. The van der Waals surface area contributed by atoms with E-state index in [4.69, 9.17) is 4.74 Å². The zero-order chi connectivity index (χ0) is 12.8. The molecule has 2 heteroatoms. The summed E-state index contributed by atoms with van der Waals surface area (Å²) < 4.78 is 6.13. The Labute approximate surface area is 110 Å². The molecule has 100 valence electrons. The van der Waals surface area contributed by atoms with Crippen molar-refractivity contribution in [3.05, 3.63) is 29.8 Å². The Morgan fingerprint density at radius 1 is 1.17 bits per heavy atom. The summed E-state index contributed by atoms with van der Waals surface area (Å²) in [6.07, 6.45) is 8.15. The molecular weight excluding hydrogens is 224 g/mol. The van der Waals surface area contributed by atoms with Crippen LogP contribution in [-0.2, 0) is 0 Å². The minimum atomic E-state index is -0.410. The van der Waals surface area contributed by atoms with Gasteiger partial charge in [0.2, 0.25) is 0 Å². The highest BCUT2D eigenvalue weighted by molar-refractivity contribution is 5.35. The first-order valence-electron chi connectivity index (χ1n) is 7.25. The first-order valence-corrected chi connectivity index (χ1v) is 7.25. The lowest BCUT2D eigenvalue weighted by Gasteiger charge is -2.21. The maximum absolute atomic E-state index is 10.0. The SMILES string of the molecule is CC[C@H](O)c1ccccc1OC1CCCCCC1. The minimum Gasteiger partial charge on any atom is -0.490 e. The van der Waals surface area contributed by atoms with Gasteiger partial charge in [0.15, 0.2) is 0 Å². The van der Waals surface area contributed by atoms with Gasteiger partial charge in [0, 0.05) is 5.56 Å². The summed E-state index contributed by atoms with van der Waals surface area (Å²) in [6, 6.07) is 7.91. The van der Waals surface area contributed by atoms with Crippen molar-refractivity contribution in [2.45, 2.75) is 64.1 Å². The highest BCUT2D eigenvalue weighted by Gasteiger charge is 2.17. The second kappa shape index (κ2) is 6.79. The molecule has 1 saturated carbocycles. The lowest BCUT2D eigenvalue weighted by Crippen LogP contribution is -2.16. The van der Waals surface area contributed by atoms with Crippen molar-refractivity contribution < 1.29 is 9.84 Å². The molecule has 1 fully saturated rings. The molecule has 18 heavy (non-hydrogen) atoms. The van der Waals surface area contributed by atoms with Crippen molar-refractivity contribution in [3.8, 4) is 5.75 Å². The third kappa shape index (κ3) is 3.49. The number of hydrogen-bond donors (Lipinski definition) is 1. The molecular formula is C16H24O2. The molecule has 1 aromatic carbocycles. The molecule has 0 bridgehead atoms. The average Bonchev–Trinajstić information content (AvgIpc) is 2.67. The fourth-order valence-electron chi connectivity index (χ4n) is 2.62. The van der Waals surface area contributed by atoms with Crippen LogP contribution < -0.4 is 4.74 Å². The van der Waals surface area contributed by atoms with Gasteiger partial charge in [0.25, 0.3) is 0 Å². The van der Waals surface area contributed by atoms with Gasteiger partial charge in [0.1, 0.15) is 5.75 Å². The average molecular weight is 248 g/mol. The van der Waals surface area contributed by atoms with Crippen molar-refractivity contribution in [3.63, 3.8) is 0 Å². The van der Waals surface area contributed by atoms with Crippen molar-refractivity contribution >= 4 is 0 Å². The highest BCUT2D eigenvalue weighted by Crippen LogP contribution is 2.30. The van der Waals surface area contributed by atoms with E-state index < -0.39 is 6.10 Å². The van der Waals surface area contributed by atoms with Crippen molar-refractivity contribution in [1.29, 1.82) is 0 Å². The topological polar surface area (TPSA) is 29.5 Å². The van der Waals surface area contributed by atoms with Crippen LogP contribution in [0.1, 0.15) is 63.5 Å². The fraction of sp³-hybridized carbons (Fsp3) is 0.625. The zero-order valence-corrected chi connectivity index (χ0v) is 11.3. The maximum atomic E-state index is 10.0. The van der Waals surface area contributed by atoms with E-state index in [2.05, 4.69) is 0 Å². The fourth-order valence-corrected chi connectivity index (χ4v) is 2.62. The first-order chi connectivity index (χ1) is 8.81. The van der Waals surface area contributed by atoms with Crippen molar-refractivity contribution in [2.75, 3.05) is 0 Å². The number of ether oxygens (including phenoxy) is 1. The molecule has 0 aliphatic heterocycles. The predicted molar refractivity (Wildman–Crippen MR) is 73.8 cm³/mol. The van der Waals surface area contributed by atoms with E-state index in [0.29, 0.717) is 6.10 Å². The van der Waals surface area contributed by atoms with Gasteiger partial charge in [0.05, 0.1) is 12.2 Å². The second-order valence-electron chi connectivity index (χ2n) is 5.19. The molecule has 0 spiro atoms. The van der Waals surface area contributed by atoms with Gasteiger partial charge in [-0.2, -0.15) is 0 Å². The summed E-state index contributed by atoms with van der Waals surface area (Å²) >= 11 is 0. The number of rotatable bonds is 4. The summed E-state index contributed by atoms with van der Waals surface area (Å²) in [5.74, 6) is 0.874. The number of hydrogen-bond acceptors (Lipinski definition) is 2. The molecule has 2 nitrogen and oxygen atoms in total. The Morgan fingerprint density at radius 3 is 2.50 bits per heavy atom. The second-order valence-corrected chi connectivity index (χ2v) is 5.19. The van der Waals surface area contributed by atoms with Crippen LogP contribution in [0.25, 0.3) is 0 Å². The molecule has 0 unspecified atom stereocenters. The summed E-state index contributed by atoms with van der Waals surface area (Å²) in [4.78, 5) is 0. The largest absolute Gasteiger partial charge is 0.490 e. The summed E-state index contributed by atoms with van der Waals surface area (Å²) in [5, 5.41) is 10.0. The zero-order valence-electron chi connectivity index (χ0n) is 11.3. The summed E-state index contributed by atoms with van der Waals surface area (Å²) in [7, 11) is 0. The lowest BCUT2D eigenvalue weighted by molar-refractivity contribution is 0.149. The summed E-state index contributed by atoms with van der Waals surface area (Å²) in [5.41, 5.74) is 0.934. The van der Waals surface area contributed by atoms with E-state index in [1.165, 1.54) is 25.7 Å². The lowest BCUT2D eigenvalue weighted by atomic mass is 10.1. The molecule has 1 N–H and O–H groups in total. The Morgan fingerprint density at radius 2 is 1.83 bits per heavy atom. The first kappa shape index (κ1) is 13.4. The van der Waals surface area contributed by atoms with Gasteiger partial charge >= 0.3 is 0 Å². The molecule has 1 atom stereocenters. The smallest absolute Gasteiger partial charge is 0.125 e. The molecule has 2 rings (SSSR count). The number of benzene rings is 1. The van der Waals surface area contributed by atoms with Crippen molar-refractivity contribution in [1.82, 2.24) is 0 Å². The van der Waals surface area contributed by atoms with Gasteiger partial charge in [-0.25, -0.2) is 0 Å². The molecule has 0 saturated heterocycles. The number of aliphatic hydroxyl groups excluding tert-OH is 1. The van der Waals surface area contributed by atoms with E-state index >= 15 is 0 Å². The molecule has 0 aromatic heterocycles. The Hall–Kier alpha value is -1.02. The third-order valence-electron chi connectivity index (χ3n) is 3.76. The molecule has 0 heterocycles. The molecule has 0 radical (unpaired) electrons. The normalized spacial score (nSPS) is 19.2. The number of aliphatic hydroxyl groups is 1. The molecule has 1 aliphatic rings. The van der Waals surface area contributed by atoms with E-state index in [0.717, 1.165) is 30.6 Å². The van der Waals surface area contributed by atoms with E-state index in [-0.39, 0.29) is 0 Å². The van der Waals surface area contributed by atoms with Crippen LogP contribution in [0.2, 0.25) is 0 Å². The number of para-hydroxylation sites is 1. The summed E-state index contributed by atoms with van der Waals surface area (Å²) in [6.45, 7) is 1.99. The van der Waals surface area contributed by atoms with Gasteiger partial charge in [-0.1, -0.05) is 38.0 Å². The standard InChI is InChI=1S/C16H24O2/c1-2-15(17)14-11-7-8-12-16(14)18-13-9-5-3-4-6-10-13/h7-8,11-13,15,17H,2-6,9-10H2,1H3/t15-/m0/s1. The van der Waals surface area contributed by atoms with E-state index in [9.17, 15) is 5.11 Å². The van der Waals surface area contributed by atoms with Crippen molar-refractivity contribution in [2.24, 2.45) is 0 Å². The van der Waals surface area contributed by atoms with Crippen LogP contribution in [0, 0.1) is 0 Å². The quantitative estimate of drug-likeness (QED) is 0.808. The van der Waals surface area contributed by atoms with Gasteiger partial charge in [-0.05, 0) is 38.2 Å². The van der Waals surface area contributed by atoms with Gasteiger partial charge in [-0.15, -0.1) is 0 Å². The van der Waals surface area contributed by atoms with Crippen LogP contribution in [-0.4, -0.2) is 11.2 Å². The Kier molecular flexibility index (Phi) is 5.06. The van der Waals surface area contributed by atoms with Crippen LogP contribution in [0.4, 0.5) is 0 Å².